The number of nitrogens with zero attached hydrogens (tertiary/aromatic N) is 5. The van der Waals surface area contributed by atoms with Crippen LogP contribution in [0.25, 0.3) is 10.4 Å². The zero-order valence-corrected chi connectivity index (χ0v) is 16.6. The first kappa shape index (κ1) is 25.0. The van der Waals surface area contributed by atoms with Gasteiger partial charge in [0.1, 0.15) is 0 Å². The van der Waals surface area contributed by atoms with Crippen LogP contribution in [0.1, 0.15) is 40.0 Å². The van der Waals surface area contributed by atoms with E-state index in [1.807, 2.05) is 0 Å². The van der Waals surface area contributed by atoms with E-state index in [0.717, 1.165) is 0 Å². The fourth-order valence-electron chi connectivity index (χ4n) is 3.12. The Morgan fingerprint density at radius 3 is 1.86 bits per heavy atom. The zero-order valence-electron chi connectivity index (χ0n) is 16.6. The number of carboxylic acid groups (broad SMARTS) is 3. The molecule has 0 spiro atoms. The number of carboxylic acids is 2. The summed E-state index contributed by atoms with van der Waals surface area (Å²) >= 11 is 0. The van der Waals surface area contributed by atoms with Gasteiger partial charge in [-0.05, 0) is 45.6 Å². The molecule has 3 N–H and O–H groups in total. The molecule has 0 unspecified atom stereocenters. The molecule has 0 radical (unpaired) electrons. The average Bonchev–Trinajstić information content (AvgIpc) is 2.54. The monoisotopic (exact) mass is 401 g/mol. The van der Waals surface area contributed by atoms with Crippen LogP contribution in [0.4, 0.5) is 4.79 Å². The minimum Gasteiger partial charge on any atom is -0.473 e. The van der Waals surface area contributed by atoms with Crippen molar-refractivity contribution in [2.45, 2.75) is 57.7 Å². The molecule has 0 aromatic heterocycles. The summed E-state index contributed by atoms with van der Waals surface area (Å²) < 4.78 is 0. The number of azide groups is 1. The zero-order chi connectivity index (χ0) is 22.2. The van der Waals surface area contributed by atoms with Gasteiger partial charge in [-0.1, -0.05) is 5.11 Å². The first-order valence-corrected chi connectivity index (χ1v) is 8.47. The maximum absolute atomic E-state index is 12.2. The molecule has 12 heteroatoms. The molecule has 1 aliphatic rings. The van der Waals surface area contributed by atoms with Gasteiger partial charge in [0.05, 0.1) is 6.04 Å². The number of rotatable bonds is 3. The summed E-state index contributed by atoms with van der Waals surface area (Å²) in [7, 11) is 3.38. The van der Waals surface area contributed by atoms with Crippen LogP contribution in [0.3, 0.4) is 0 Å². The highest BCUT2D eigenvalue weighted by atomic mass is 16.4. The Morgan fingerprint density at radius 1 is 1.04 bits per heavy atom. The van der Waals surface area contributed by atoms with Crippen LogP contribution in [-0.2, 0) is 14.4 Å². The topological polar surface area (TPSA) is 184 Å². The van der Waals surface area contributed by atoms with Crippen molar-refractivity contribution in [2.75, 3.05) is 14.1 Å². The van der Waals surface area contributed by atoms with Crippen LogP contribution in [0.15, 0.2) is 5.11 Å². The molecule has 158 valence electrons. The van der Waals surface area contributed by atoms with Crippen molar-refractivity contribution >= 4 is 23.9 Å². The standard InChI is InChI=1S/C14H25N5O3.C2H2O4/c1-14(2,3)19(13(21)22)11-8-9(12(20)18(4)5)6-7-10(11)16-17-15;3-1(4)2(5)6/h9-11H,6-8H2,1-5H3,(H,21,22);(H,3,4)(H,5,6)/t9-,10-,11+;/m0./s1. The van der Waals surface area contributed by atoms with Gasteiger partial charge in [0, 0.05) is 36.5 Å². The highest BCUT2D eigenvalue weighted by molar-refractivity contribution is 6.27. The van der Waals surface area contributed by atoms with E-state index in [4.69, 9.17) is 25.3 Å². The summed E-state index contributed by atoms with van der Waals surface area (Å²) in [4.78, 5) is 47.8. The van der Waals surface area contributed by atoms with Gasteiger partial charge in [0.2, 0.25) is 5.91 Å². The summed E-state index contributed by atoms with van der Waals surface area (Å²) in [5, 5.41) is 28.1. The van der Waals surface area contributed by atoms with Gasteiger partial charge >= 0.3 is 18.0 Å². The smallest absolute Gasteiger partial charge is 0.414 e. The van der Waals surface area contributed by atoms with Crippen molar-refractivity contribution in [3.05, 3.63) is 10.4 Å². The van der Waals surface area contributed by atoms with Crippen molar-refractivity contribution in [3.8, 4) is 0 Å². The summed E-state index contributed by atoms with van der Waals surface area (Å²) in [5.41, 5.74) is 8.10. The van der Waals surface area contributed by atoms with E-state index in [2.05, 4.69) is 10.0 Å². The molecule has 3 atom stereocenters. The molecule has 0 aromatic carbocycles. The third kappa shape index (κ3) is 7.31. The molecular formula is C16H27N5O7. The number of hydrogen-bond donors (Lipinski definition) is 3. The van der Waals surface area contributed by atoms with E-state index < -0.39 is 35.7 Å². The predicted octanol–water partition coefficient (Wildman–Crippen LogP) is 1.86. The van der Waals surface area contributed by atoms with Crippen LogP contribution in [-0.4, -0.2) is 80.8 Å². The molecule has 1 rings (SSSR count). The second-order valence-electron chi connectivity index (χ2n) is 7.52. The van der Waals surface area contributed by atoms with Crippen LogP contribution in [0.2, 0.25) is 0 Å². The summed E-state index contributed by atoms with van der Waals surface area (Å²) in [6.45, 7) is 5.39. The maximum Gasteiger partial charge on any atom is 0.414 e. The summed E-state index contributed by atoms with van der Waals surface area (Å²) in [6, 6.07) is -0.928. The van der Waals surface area contributed by atoms with Gasteiger partial charge in [-0.15, -0.1) is 0 Å². The third-order valence-electron chi connectivity index (χ3n) is 4.21. The van der Waals surface area contributed by atoms with Gasteiger partial charge in [0.15, 0.2) is 0 Å². The Kier molecular flexibility index (Phi) is 9.24. The lowest BCUT2D eigenvalue weighted by Crippen LogP contribution is -2.57. The average molecular weight is 401 g/mol. The lowest BCUT2D eigenvalue weighted by molar-refractivity contribution is -0.159. The van der Waals surface area contributed by atoms with Gasteiger partial charge in [-0.3, -0.25) is 4.79 Å². The van der Waals surface area contributed by atoms with Gasteiger partial charge < -0.3 is 25.1 Å². The minimum absolute atomic E-state index is 0.0105. The molecule has 2 amide bonds. The molecule has 0 heterocycles. The van der Waals surface area contributed by atoms with Crippen LogP contribution in [0, 0.1) is 5.92 Å². The molecule has 0 saturated heterocycles. The van der Waals surface area contributed by atoms with Crippen molar-refractivity contribution in [3.63, 3.8) is 0 Å². The van der Waals surface area contributed by atoms with Crippen molar-refractivity contribution in [1.29, 1.82) is 0 Å². The minimum atomic E-state index is -1.82. The van der Waals surface area contributed by atoms with Gasteiger partial charge in [0.25, 0.3) is 0 Å². The van der Waals surface area contributed by atoms with E-state index in [0.29, 0.717) is 19.3 Å². The molecule has 28 heavy (non-hydrogen) atoms. The van der Waals surface area contributed by atoms with E-state index >= 15 is 0 Å². The molecule has 12 nitrogen and oxygen atoms in total. The van der Waals surface area contributed by atoms with Crippen molar-refractivity contribution in [2.24, 2.45) is 11.0 Å². The molecule has 0 aromatic rings. The SMILES string of the molecule is CN(C)C(=O)[C@H]1CC[C@H](N=[N+]=[N-])[C@H](N(C(=O)O)C(C)(C)C)C1.O=C(O)C(=O)O. The molecule has 1 fully saturated rings. The number of carbonyl (C=O) groups excluding carboxylic acids is 1. The normalized spacial score (nSPS) is 21.2. The summed E-state index contributed by atoms with van der Waals surface area (Å²) in [5.74, 6) is -3.90. The largest absolute Gasteiger partial charge is 0.473 e. The maximum atomic E-state index is 12.2. The Labute approximate surface area is 162 Å². The number of aliphatic carboxylic acids is 2. The van der Waals surface area contributed by atoms with E-state index in [1.54, 1.807) is 34.9 Å². The lowest BCUT2D eigenvalue weighted by Gasteiger charge is -2.45. The lowest BCUT2D eigenvalue weighted by atomic mass is 9.80. The van der Waals surface area contributed by atoms with Crippen LogP contribution >= 0.6 is 0 Å². The quantitative estimate of drug-likeness (QED) is 0.279. The molecule has 1 saturated carbocycles. The highest BCUT2D eigenvalue weighted by Crippen LogP contribution is 2.34. The Hall–Kier alpha value is -3.01. The van der Waals surface area contributed by atoms with Crippen LogP contribution in [0.5, 0.6) is 0 Å². The van der Waals surface area contributed by atoms with E-state index in [9.17, 15) is 14.7 Å². The molecule has 1 aliphatic carbocycles. The Bertz CT molecular complexity index is 640. The number of amides is 2. The van der Waals surface area contributed by atoms with E-state index in [-0.39, 0.29) is 11.8 Å². The first-order chi connectivity index (χ1) is 12.7. The molecule has 0 bridgehead atoms. The second kappa shape index (κ2) is 10.4. The molecular weight excluding hydrogens is 374 g/mol. The number of carbonyl (C=O) groups is 4. The summed E-state index contributed by atoms with van der Waals surface area (Å²) in [6.07, 6.45) is 0.436. The van der Waals surface area contributed by atoms with Crippen molar-refractivity contribution in [1.82, 2.24) is 9.80 Å². The van der Waals surface area contributed by atoms with Gasteiger partial charge in [-0.25, -0.2) is 14.4 Å². The van der Waals surface area contributed by atoms with E-state index in [1.165, 1.54) is 9.80 Å². The predicted molar refractivity (Wildman–Crippen MR) is 97.6 cm³/mol. The Morgan fingerprint density at radius 2 is 1.54 bits per heavy atom. The number of hydrogen-bond acceptors (Lipinski definition) is 5. The van der Waals surface area contributed by atoms with Crippen LogP contribution < -0.4 is 0 Å². The van der Waals surface area contributed by atoms with Crippen molar-refractivity contribution < 1.29 is 34.5 Å². The third-order valence-corrected chi connectivity index (χ3v) is 4.21. The second-order valence-corrected chi connectivity index (χ2v) is 7.52. The fraction of sp³-hybridized carbons (Fsp3) is 0.750. The fourth-order valence-corrected chi connectivity index (χ4v) is 3.12. The highest BCUT2D eigenvalue weighted by Gasteiger charge is 2.42. The first-order valence-electron chi connectivity index (χ1n) is 8.47. The Balaban J connectivity index is 0.00000105. The van der Waals surface area contributed by atoms with Gasteiger partial charge in [-0.2, -0.15) is 0 Å². The molecule has 0 aliphatic heterocycles.